The van der Waals surface area contributed by atoms with Gasteiger partial charge in [0.2, 0.25) is 10.0 Å². The first-order chi connectivity index (χ1) is 14.4. The van der Waals surface area contributed by atoms with Crippen LogP contribution in [0, 0.1) is 6.92 Å². The molecule has 0 bridgehead atoms. The van der Waals surface area contributed by atoms with Crippen LogP contribution in [0.15, 0.2) is 48.5 Å². The molecule has 2 fully saturated rings. The zero-order valence-corrected chi connectivity index (χ0v) is 18.3. The molecule has 0 N–H and O–H groups in total. The minimum Gasteiger partial charge on any atom is -0.337 e. The molecule has 2 aliphatic rings. The molecule has 0 spiro atoms. The van der Waals surface area contributed by atoms with Crippen molar-refractivity contribution in [2.45, 2.75) is 26.3 Å². The standard InChI is InChI=1S/C23H29N3O3S/c1-19-7-2-3-8-21(19)18-24-11-5-12-25(15-14-24)23(27)20-9-4-10-22(17-20)26-13-6-16-30(26,28)29/h2-4,7-10,17H,5-6,11-16,18H2,1H3. The number of anilines is 1. The molecule has 0 aromatic heterocycles. The van der Waals surface area contributed by atoms with Gasteiger partial charge in [-0.05, 0) is 49.1 Å². The Hall–Kier alpha value is -2.38. The molecule has 6 nitrogen and oxygen atoms in total. The van der Waals surface area contributed by atoms with Crippen LogP contribution in [0.5, 0.6) is 0 Å². The number of aryl methyl sites for hydroxylation is 1. The number of amides is 1. The summed E-state index contributed by atoms with van der Waals surface area (Å²) < 4.78 is 25.9. The molecule has 7 heteroatoms. The number of carbonyl (C=O) groups is 1. The molecule has 160 valence electrons. The molecular formula is C23H29N3O3S. The topological polar surface area (TPSA) is 60.9 Å². The summed E-state index contributed by atoms with van der Waals surface area (Å²) in [7, 11) is -3.25. The Labute approximate surface area is 179 Å². The average Bonchev–Trinajstić information content (AvgIpc) is 2.94. The molecule has 30 heavy (non-hydrogen) atoms. The van der Waals surface area contributed by atoms with E-state index in [0.717, 1.165) is 32.6 Å². The maximum Gasteiger partial charge on any atom is 0.253 e. The van der Waals surface area contributed by atoms with Crippen LogP contribution in [0.2, 0.25) is 0 Å². The van der Waals surface area contributed by atoms with Crippen molar-refractivity contribution in [3.63, 3.8) is 0 Å². The molecule has 1 amide bonds. The lowest BCUT2D eigenvalue weighted by molar-refractivity contribution is 0.0761. The van der Waals surface area contributed by atoms with E-state index < -0.39 is 10.0 Å². The molecule has 2 aromatic rings. The minimum absolute atomic E-state index is 0.0220. The normalized spacial score (nSPS) is 19.6. The van der Waals surface area contributed by atoms with Gasteiger partial charge in [0.05, 0.1) is 11.4 Å². The van der Waals surface area contributed by atoms with Crippen molar-refractivity contribution in [2.75, 3.05) is 42.8 Å². The number of hydrogen-bond donors (Lipinski definition) is 0. The van der Waals surface area contributed by atoms with E-state index >= 15 is 0 Å². The van der Waals surface area contributed by atoms with E-state index in [9.17, 15) is 13.2 Å². The van der Waals surface area contributed by atoms with E-state index in [1.54, 1.807) is 24.3 Å². The van der Waals surface area contributed by atoms with Crippen molar-refractivity contribution >= 4 is 21.6 Å². The fourth-order valence-corrected chi connectivity index (χ4v) is 5.82. The van der Waals surface area contributed by atoms with E-state index in [0.29, 0.717) is 30.8 Å². The fraction of sp³-hybridized carbons (Fsp3) is 0.435. The monoisotopic (exact) mass is 427 g/mol. The molecule has 0 saturated carbocycles. The highest BCUT2D eigenvalue weighted by atomic mass is 32.2. The smallest absolute Gasteiger partial charge is 0.253 e. The van der Waals surface area contributed by atoms with Crippen LogP contribution in [0.25, 0.3) is 0 Å². The highest BCUT2D eigenvalue weighted by Crippen LogP contribution is 2.25. The first kappa shape index (κ1) is 20.9. The van der Waals surface area contributed by atoms with Crippen LogP contribution >= 0.6 is 0 Å². The summed E-state index contributed by atoms with van der Waals surface area (Å²) in [5, 5.41) is 0. The summed E-state index contributed by atoms with van der Waals surface area (Å²) in [6.45, 7) is 6.71. The Morgan fingerprint density at radius 3 is 2.53 bits per heavy atom. The minimum atomic E-state index is -3.25. The first-order valence-electron chi connectivity index (χ1n) is 10.6. The maximum atomic E-state index is 13.1. The quantitative estimate of drug-likeness (QED) is 0.753. The van der Waals surface area contributed by atoms with Crippen molar-refractivity contribution in [1.29, 1.82) is 0 Å². The van der Waals surface area contributed by atoms with E-state index in [-0.39, 0.29) is 11.7 Å². The predicted molar refractivity (Wildman–Crippen MR) is 119 cm³/mol. The summed E-state index contributed by atoms with van der Waals surface area (Å²) in [6, 6.07) is 15.5. The highest BCUT2D eigenvalue weighted by Gasteiger charge is 2.29. The number of hydrogen-bond acceptors (Lipinski definition) is 4. The Morgan fingerprint density at radius 2 is 1.77 bits per heavy atom. The third-order valence-electron chi connectivity index (χ3n) is 6.01. The second kappa shape index (κ2) is 8.78. The van der Waals surface area contributed by atoms with Gasteiger partial charge in [0, 0.05) is 44.8 Å². The molecule has 2 saturated heterocycles. The van der Waals surface area contributed by atoms with E-state index in [1.165, 1.54) is 15.4 Å². The summed E-state index contributed by atoms with van der Waals surface area (Å²) >= 11 is 0. The second-order valence-electron chi connectivity index (χ2n) is 8.14. The molecule has 0 aliphatic carbocycles. The van der Waals surface area contributed by atoms with Gasteiger partial charge in [-0.2, -0.15) is 0 Å². The maximum absolute atomic E-state index is 13.1. The molecule has 0 unspecified atom stereocenters. The number of rotatable bonds is 4. The van der Waals surface area contributed by atoms with Crippen molar-refractivity contribution in [3.05, 3.63) is 65.2 Å². The van der Waals surface area contributed by atoms with Crippen molar-refractivity contribution < 1.29 is 13.2 Å². The lowest BCUT2D eigenvalue weighted by atomic mass is 10.1. The van der Waals surface area contributed by atoms with Crippen LogP contribution in [-0.4, -0.2) is 62.6 Å². The van der Waals surface area contributed by atoms with Gasteiger partial charge in [-0.15, -0.1) is 0 Å². The van der Waals surface area contributed by atoms with Crippen LogP contribution in [-0.2, 0) is 16.6 Å². The summed E-state index contributed by atoms with van der Waals surface area (Å²) in [4.78, 5) is 17.4. The van der Waals surface area contributed by atoms with Gasteiger partial charge >= 0.3 is 0 Å². The highest BCUT2D eigenvalue weighted by molar-refractivity contribution is 7.93. The SMILES string of the molecule is Cc1ccccc1CN1CCCN(C(=O)c2cccc(N3CCCS3(=O)=O)c2)CC1. The predicted octanol–water partition coefficient (Wildman–Crippen LogP) is 2.88. The zero-order valence-electron chi connectivity index (χ0n) is 17.5. The molecular weight excluding hydrogens is 398 g/mol. The molecule has 2 aromatic carbocycles. The number of benzene rings is 2. The number of carbonyl (C=O) groups excluding carboxylic acids is 1. The Morgan fingerprint density at radius 1 is 0.933 bits per heavy atom. The van der Waals surface area contributed by atoms with Crippen LogP contribution < -0.4 is 4.31 Å². The third kappa shape index (κ3) is 4.52. The molecule has 4 rings (SSSR count). The zero-order chi connectivity index (χ0) is 21.1. The van der Waals surface area contributed by atoms with Crippen molar-refractivity contribution in [2.24, 2.45) is 0 Å². The van der Waals surface area contributed by atoms with Gasteiger partial charge in [0.1, 0.15) is 0 Å². The van der Waals surface area contributed by atoms with Crippen molar-refractivity contribution in [3.8, 4) is 0 Å². The third-order valence-corrected chi connectivity index (χ3v) is 7.88. The molecule has 2 aliphatic heterocycles. The van der Waals surface area contributed by atoms with Gasteiger partial charge in [-0.25, -0.2) is 8.42 Å². The Balaban J connectivity index is 1.43. The van der Waals surface area contributed by atoms with E-state index in [4.69, 9.17) is 0 Å². The fourth-order valence-electron chi connectivity index (χ4n) is 4.27. The lowest BCUT2D eigenvalue weighted by Gasteiger charge is -2.23. The summed E-state index contributed by atoms with van der Waals surface area (Å²) in [6.07, 6.45) is 1.56. The van der Waals surface area contributed by atoms with Crippen LogP contribution in [0.4, 0.5) is 5.69 Å². The van der Waals surface area contributed by atoms with Crippen LogP contribution in [0.1, 0.15) is 34.3 Å². The number of nitrogens with zero attached hydrogens (tertiary/aromatic N) is 3. The Kier molecular flexibility index (Phi) is 6.11. The van der Waals surface area contributed by atoms with Crippen LogP contribution in [0.3, 0.4) is 0 Å². The molecule has 0 radical (unpaired) electrons. The number of sulfonamides is 1. The summed E-state index contributed by atoms with van der Waals surface area (Å²) in [5.74, 6) is 0.153. The van der Waals surface area contributed by atoms with Gasteiger partial charge in [-0.3, -0.25) is 14.0 Å². The summed E-state index contributed by atoms with van der Waals surface area (Å²) in [5.41, 5.74) is 3.77. The van der Waals surface area contributed by atoms with Gasteiger partial charge < -0.3 is 4.90 Å². The van der Waals surface area contributed by atoms with E-state index in [1.807, 2.05) is 4.90 Å². The van der Waals surface area contributed by atoms with Gasteiger partial charge in [-0.1, -0.05) is 30.3 Å². The first-order valence-corrected chi connectivity index (χ1v) is 12.2. The largest absolute Gasteiger partial charge is 0.337 e. The van der Waals surface area contributed by atoms with Gasteiger partial charge in [0.15, 0.2) is 0 Å². The second-order valence-corrected chi connectivity index (χ2v) is 10.2. The molecule has 2 heterocycles. The lowest BCUT2D eigenvalue weighted by Crippen LogP contribution is -2.35. The van der Waals surface area contributed by atoms with Crippen molar-refractivity contribution in [1.82, 2.24) is 9.80 Å². The average molecular weight is 428 g/mol. The Bertz CT molecular complexity index is 1020. The van der Waals surface area contributed by atoms with E-state index in [2.05, 4.69) is 36.1 Å². The molecule has 0 atom stereocenters. The van der Waals surface area contributed by atoms with Gasteiger partial charge in [0.25, 0.3) is 5.91 Å².